The van der Waals surface area contributed by atoms with Crippen molar-refractivity contribution in [3.63, 3.8) is 0 Å². The molecule has 0 spiro atoms. The monoisotopic (exact) mass is 325 g/mol. The molecule has 0 aliphatic carbocycles. The number of halogens is 1. The lowest BCUT2D eigenvalue weighted by molar-refractivity contribution is 0.0767. The van der Waals surface area contributed by atoms with Crippen LogP contribution in [-0.4, -0.2) is 46.9 Å². The van der Waals surface area contributed by atoms with E-state index in [9.17, 15) is 9.18 Å². The zero-order valence-electron chi connectivity index (χ0n) is 13.4. The fourth-order valence-electron chi connectivity index (χ4n) is 3.93. The molecule has 2 unspecified atom stereocenters. The number of aromatic nitrogens is 1. The lowest BCUT2D eigenvalue weighted by Crippen LogP contribution is -2.33. The third kappa shape index (κ3) is 3.04. The van der Waals surface area contributed by atoms with Gasteiger partial charge in [-0.2, -0.15) is 0 Å². The molecule has 1 amide bonds. The summed E-state index contributed by atoms with van der Waals surface area (Å²) in [6.07, 6.45) is 1.66. The van der Waals surface area contributed by atoms with E-state index in [2.05, 4.69) is 9.88 Å². The lowest BCUT2D eigenvalue weighted by Gasteiger charge is -2.21. The van der Waals surface area contributed by atoms with Gasteiger partial charge in [-0.15, -0.1) is 0 Å². The number of fused-ring (bicyclic) bond motifs is 1. The molecule has 3 heterocycles. The van der Waals surface area contributed by atoms with Crippen molar-refractivity contribution in [3.05, 3.63) is 65.7 Å². The summed E-state index contributed by atoms with van der Waals surface area (Å²) in [7, 11) is 0. The van der Waals surface area contributed by atoms with Crippen molar-refractivity contribution in [2.45, 2.75) is 6.54 Å². The van der Waals surface area contributed by atoms with E-state index >= 15 is 0 Å². The maximum absolute atomic E-state index is 13.3. The highest BCUT2D eigenvalue weighted by atomic mass is 19.1. The van der Waals surface area contributed by atoms with Crippen molar-refractivity contribution >= 4 is 5.91 Å². The second-order valence-electron chi connectivity index (χ2n) is 6.77. The van der Waals surface area contributed by atoms with Crippen LogP contribution in [0.4, 0.5) is 4.39 Å². The lowest BCUT2D eigenvalue weighted by atomic mass is 10.0. The van der Waals surface area contributed by atoms with E-state index in [1.54, 1.807) is 24.4 Å². The molecule has 2 saturated heterocycles. The molecule has 2 aliphatic heterocycles. The van der Waals surface area contributed by atoms with Crippen LogP contribution in [0.1, 0.15) is 16.1 Å². The molecule has 4 nitrogen and oxygen atoms in total. The highest BCUT2D eigenvalue weighted by molar-refractivity contribution is 5.92. The van der Waals surface area contributed by atoms with Crippen molar-refractivity contribution in [2.24, 2.45) is 11.8 Å². The number of hydrogen-bond donors (Lipinski definition) is 0. The van der Waals surface area contributed by atoms with Gasteiger partial charge in [-0.3, -0.25) is 14.7 Å². The first-order chi connectivity index (χ1) is 11.7. The number of likely N-dealkylation sites (tertiary alicyclic amines) is 2. The summed E-state index contributed by atoms with van der Waals surface area (Å²) in [5, 5.41) is 0. The molecule has 24 heavy (non-hydrogen) atoms. The molecule has 4 rings (SSSR count). The van der Waals surface area contributed by atoms with Crippen molar-refractivity contribution in [1.29, 1.82) is 0 Å². The van der Waals surface area contributed by atoms with E-state index in [4.69, 9.17) is 0 Å². The minimum atomic E-state index is -0.181. The molecule has 0 N–H and O–H groups in total. The van der Waals surface area contributed by atoms with Gasteiger partial charge in [0.05, 0.1) is 0 Å². The van der Waals surface area contributed by atoms with Crippen LogP contribution < -0.4 is 0 Å². The number of pyridine rings is 1. The van der Waals surface area contributed by atoms with Gasteiger partial charge in [-0.05, 0) is 41.7 Å². The quantitative estimate of drug-likeness (QED) is 0.870. The minimum absolute atomic E-state index is 0.0293. The van der Waals surface area contributed by atoms with Gasteiger partial charge in [0.1, 0.15) is 11.5 Å². The number of amides is 1. The smallest absolute Gasteiger partial charge is 0.272 e. The molecule has 124 valence electrons. The first-order valence-corrected chi connectivity index (χ1v) is 8.36. The van der Waals surface area contributed by atoms with Crippen LogP contribution in [0, 0.1) is 17.7 Å². The molecule has 2 fully saturated rings. The number of rotatable bonds is 3. The predicted octanol–water partition coefficient (Wildman–Crippen LogP) is 2.42. The maximum atomic E-state index is 13.3. The van der Waals surface area contributed by atoms with Gasteiger partial charge in [0.15, 0.2) is 0 Å². The van der Waals surface area contributed by atoms with Crippen LogP contribution >= 0.6 is 0 Å². The van der Waals surface area contributed by atoms with Gasteiger partial charge >= 0.3 is 0 Å². The van der Waals surface area contributed by atoms with Crippen LogP contribution in [-0.2, 0) is 6.54 Å². The van der Waals surface area contributed by atoms with Gasteiger partial charge in [-0.1, -0.05) is 18.2 Å². The van der Waals surface area contributed by atoms with E-state index in [0.717, 1.165) is 38.3 Å². The Morgan fingerprint density at radius 1 is 1.08 bits per heavy atom. The van der Waals surface area contributed by atoms with Crippen LogP contribution in [0.25, 0.3) is 0 Å². The number of benzene rings is 1. The van der Waals surface area contributed by atoms with E-state index in [1.165, 1.54) is 6.07 Å². The Balaban J connectivity index is 1.36. The molecule has 5 heteroatoms. The summed E-state index contributed by atoms with van der Waals surface area (Å²) in [4.78, 5) is 21.0. The molecule has 0 radical (unpaired) electrons. The maximum Gasteiger partial charge on any atom is 0.272 e. The summed E-state index contributed by atoms with van der Waals surface area (Å²) in [6.45, 7) is 4.29. The second kappa shape index (κ2) is 6.32. The largest absolute Gasteiger partial charge is 0.337 e. The normalized spacial score (nSPS) is 23.5. The van der Waals surface area contributed by atoms with Crippen molar-refractivity contribution in [2.75, 3.05) is 26.2 Å². The number of nitrogens with zero attached hydrogens (tertiary/aromatic N) is 3. The third-order valence-electron chi connectivity index (χ3n) is 5.03. The van der Waals surface area contributed by atoms with Crippen molar-refractivity contribution in [3.8, 4) is 0 Å². The Hall–Kier alpha value is -2.27. The van der Waals surface area contributed by atoms with Crippen LogP contribution in [0.15, 0.2) is 48.7 Å². The molecule has 0 saturated carbocycles. The van der Waals surface area contributed by atoms with Gasteiger partial charge in [0, 0.05) is 38.9 Å². The summed E-state index contributed by atoms with van der Waals surface area (Å²) >= 11 is 0. The Kier molecular flexibility index (Phi) is 4.02. The van der Waals surface area contributed by atoms with Gasteiger partial charge < -0.3 is 4.90 Å². The number of carbonyl (C=O) groups excluding carboxylic acids is 1. The summed E-state index contributed by atoms with van der Waals surface area (Å²) in [6, 6.07) is 12.2. The molecule has 1 aromatic carbocycles. The molecule has 1 aromatic heterocycles. The van der Waals surface area contributed by atoms with Crippen LogP contribution in [0.3, 0.4) is 0 Å². The fourth-order valence-corrected chi connectivity index (χ4v) is 3.93. The topological polar surface area (TPSA) is 36.4 Å². The summed E-state index contributed by atoms with van der Waals surface area (Å²) < 4.78 is 13.3. The Labute approximate surface area is 140 Å². The second-order valence-corrected chi connectivity index (χ2v) is 6.77. The van der Waals surface area contributed by atoms with Crippen molar-refractivity contribution in [1.82, 2.24) is 14.8 Å². The van der Waals surface area contributed by atoms with E-state index < -0.39 is 0 Å². The molecule has 2 atom stereocenters. The average molecular weight is 325 g/mol. The van der Waals surface area contributed by atoms with E-state index in [-0.39, 0.29) is 11.7 Å². The average Bonchev–Trinajstić information content (AvgIpc) is 3.13. The molecule has 0 bridgehead atoms. The third-order valence-corrected chi connectivity index (χ3v) is 5.03. The predicted molar refractivity (Wildman–Crippen MR) is 88.8 cm³/mol. The van der Waals surface area contributed by atoms with Gasteiger partial charge in [-0.25, -0.2) is 4.39 Å². The molecular weight excluding hydrogens is 305 g/mol. The van der Waals surface area contributed by atoms with Gasteiger partial charge in [0.25, 0.3) is 5.91 Å². The van der Waals surface area contributed by atoms with E-state index in [0.29, 0.717) is 17.5 Å². The Morgan fingerprint density at radius 3 is 2.54 bits per heavy atom. The number of hydrogen-bond acceptors (Lipinski definition) is 3. The minimum Gasteiger partial charge on any atom is -0.337 e. The van der Waals surface area contributed by atoms with Crippen LogP contribution in [0.5, 0.6) is 0 Å². The first-order valence-electron chi connectivity index (χ1n) is 8.36. The summed E-state index contributed by atoms with van der Waals surface area (Å²) in [5.41, 5.74) is 1.53. The molecule has 2 aromatic rings. The fraction of sp³-hybridized carbons (Fsp3) is 0.368. The van der Waals surface area contributed by atoms with Crippen molar-refractivity contribution < 1.29 is 9.18 Å². The SMILES string of the molecule is O=C(c1ccccn1)N1CC2CN(Cc3cccc(F)c3)CC2C1. The van der Waals surface area contributed by atoms with Gasteiger partial charge in [0.2, 0.25) is 0 Å². The molecule has 2 aliphatic rings. The standard InChI is InChI=1S/C19H20FN3O/c20-17-5-3-4-14(8-17)9-22-10-15-12-23(13-16(15)11-22)19(24)18-6-1-2-7-21-18/h1-8,15-16H,9-13H2. The Bertz CT molecular complexity index is 722. The zero-order valence-corrected chi connectivity index (χ0v) is 13.4. The molecular formula is C19H20FN3O. The first kappa shape index (κ1) is 15.3. The van der Waals surface area contributed by atoms with Crippen LogP contribution in [0.2, 0.25) is 0 Å². The summed E-state index contributed by atoms with van der Waals surface area (Å²) in [5.74, 6) is 0.859. The zero-order chi connectivity index (χ0) is 16.5. The highest BCUT2D eigenvalue weighted by Crippen LogP contribution is 2.32. The van der Waals surface area contributed by atoms with E-state index in [1.807, 2.05) is 23.1 Å². The highest BCUT2D eigenvalue weighted by Gasteiger charge is 2.41. The number of carbonyl (C=O) groups is 1. The Morgan fingerprint density at radius 2 is 1.88 bits per heavy atom.